The van der Waals surface area contributed by atoms with Crippen molar-refractivity contribution in [2.24, 2.45) is 11.8 Å². The summed E-state index contributed by atoms with van der Waals surface area (Å²) in [5, 5.41) is 13.4. The summed E-state index contributed by atoms with van der Waals surface area (Å²) in [6, 6.07) is 8.17. The quantitative estimate of drug-likeness (QED) is 0.649. The van der Waals surface area contributed by atoms with Gasteiger partial charge in [0.05, 0.1) is 12.6 Å². The van der Waals surface area contributed by atoms with Crippen molar-refractivity contribution in [3.63, 3.8) is 0 Å². The number of aliphatic hydroxyl groups is 1. The number of aromatic nitrogens is 1. The van der Waals surface area contributed by atoms with Gasteiger partial charge >= 0.3 is 0 Å². The highest BCUT2D eigenvalue weighted by molar-refractivity contribution is 5.90. The van der Waals surface area contributed by atoms with Gasteiger partial charge in [-0.3, -0.25) is 14.4 Å². The molecule has 8 nitrogen and oxygen atoms in total. The van der Waals surface area contributed by atoms with Crippen LogP contribution in [0.4, 0.5) is 4.39 Å². The number of nitrogens with zero attached hydrogens (tertiary/aromatic N) is 3. The summed E-state index contributed by atoms with van der Waals surface area (Å²) in [5.74, 6) is -1.66. The number of likely N-dealkylation sites (N-methyl/N-ethyl adjacent to an activating group) is 1. The Labute approximate surface area is 203 Å². The molecule has 2 aliphatic heterocycles. The van der Waals surface area contributed by atoms with Crippen LogP contribution in [0.1, 0.15) is 31.0 Å². The number of carbonyl (C=O) groups excluding carboxylic acids is 2. The van der Waals surface area contributed by atoms with E-state index >= 15 is 0 Å². The van der Waals surface area contributed by atoms with Crippen molar-refractivity contribution in [3.05, 3.63) is 58.3 Å². The van der Waals surface area contributed by atoms with E-state index < -0.39 is 23.8 Å². The lowest BCUT2D eigenvalue weighted by atomic mass is 9.87. The number of likely N-dealkylation sites (tertiary alicyclic amines) is 1. The average molecular weight is 483 g/mol. The molecule has 1 aromatic carbocycles. The van der Waals surface area contributed by atoms with Crippen LogP contribution < -0.4 is 10.9 Å². The number of hydrogen-bond donors (Lipinski definition) is 2. The maximum absolute atomic E-state index is 13.8. The predicted molar refractivity (Wildman–Crippen MR) is 128 cm³/mol. The van der Waals surface area contributed by atoms with Gasteiger partial charge in [-0.15, -0.1) is 0 Å². The molecule has 2 N–H and O–H groups in total. The van der Waals surface area contributed by atoms with Crippen LogP contribution in [0, 0.1) is 17.7 Å². The van der Waals surface area contributed by atoms with Crippen LogP contribution in [0.2, 0.25) is 0 Å². The van der Waals surface area contributed by atoms with E-state index in [0.717, 1.165) is 19.3 Å². The van der Waals surface area contributed by atoms with E-state index in [9.17, 15) is 23.9 Å². The molecule has 0 bridgehead atoms. The predicted octanol–water partition coefficient (Wildman–Crippen LogP) is 1.37. The number of pyridine rings is 1. The molecular weight excluding hydrogens is 451 g/mol. The molecule has 1 saturated heterocycles. The summed E-state index contributed by atoms with van der Waals surface area (Å²) in [7, 11) is 3.58. The van der Waals surface area contributed by atoms with Crippen molar-refractivity contribution in [2.45, 2.75) is 43.9 Å². The van der Waals surface area contributed by atoms with Crippen molar-refractivity contribution in [1.82, 2.24) is 19.7 Å². The highest BCUT2D eigenvalue weighted by Gasteiger charge is 2.57. The first-order valence-electron chi connectivity index (χ1n) is 12.2. The van der Waals surface area contributed by atoms with Crippen molar-refractivity contribution in [3.8, 4) is 11.1 Å². The topological polar surface area (TPSA) is 94.9 Å². The van der Waals surface area contributed by atoms with Gasteiger partial charge < -0.3 is 24.8 Å². The van der Waals surface area contributed by atoms with E-state index in [1.165, 1.54) is 12.1 Å². The van der Waals surface area contributed by atoms with Gasteiger partial charge in [0.1, 0.15) is 11.9 Å². The minimum Gasteiger partial charge on any atom is -0.396 e. The largest absolute Gasteiger partial charge is 0.396 e. The number of rotatable bonds is 6. The zero-order chi connectivity index (χ0) is 24.9. The molecule has 2 aromatic rings. The third-order valence-corrected chi connectivity index (χ3v) is 7.67. The van der Waals surface area contributed by atoms with E-state index in [2.05, 4.69) is 5.32 Å². The second-order valence-corrected chi connectivity index (χ2v) is 10.2. The minimum absolute atomic E-state index is 0.108. The molecule has 1 aromatic heterocycles. The Morgan fingerprint density at radius 1 is 1.20 bits per heavy atom. The summed E-state index contributed by atoms with van der Waals surface area (Å²) < 4.78 is 15.4. The number of aliphatic hydroxyl groups excluding tert-OH is 1. The highest BCUT2D eigenvalue weighted by atomic mass is 19.1. The molecular formula is C26H31FN4O4. The van der Waals surface area contributed by atoms with Gasteiger partial charge in [0, 0.05) is 42.3 Å². The SMILES string of the molecule is CN(C)CC(=O)N1[C@H](C(=O)NC2CCC2)[C@@H](CO)[C@@H]2Cn3c(ccc(-c4cccc(F)c4)c3=O)[C@@H]21. The molecule has 2 amide bonds. The average Bonchev–Trinajstić information content (AvgIpc) is 3.31. The van der Waals surface area contributed by atoms with Crippen molar-refractivity contribution in [2.75, 3.05) is 27.2 Å². The number of carbonyl (C=O) groups is 2. The molecule has 4 atom stereocenters. The lowest BCUT2D eigenvalue weighted by Gasteiger charge is -2.34. The zero-order valence-corrected chi connectivity index (χ0v) is 20.0. The molecule has 1 saturated carbocycles. The van der Waals surface area contributed by atoms with Crippen LogP contribution >= 0.6 is 0 Å². The fraction of sp³-hybridized carbons (Fsp3) is 0.500. The Morgan fingerprint density at radius 3 is 2.60 bits per heavy atom. The lowest BCUT2D eigenvalue weighted by Crippen LogP contribution is -2.54. The number of fused-ring (bicyclic) bond motifs is 3. The van der Waals surface area contributed by atoms with E-state index in [-0.39, 0.29) is 49.0 Å². The summed E-state index contributed by atoms with van der Waals surface area (Å²) >= 11 is 0. The van der Waals surface area contributed by atoms with E-state index in [1.807, 2.05) is 0 Å². The summed E-state index contributed by atoms with van der Waals surface area (Å²) in [6.45, 7) is 0.126. The monoisotopic (exact) mass is 482 g/mol. The zero-order valence-electron chi connectivity index (χ0n) is 20.0. The van der Waals surface area contributed by atoms with Crippen LogP contribution in [0.3, 0.4) is 0 Å². The molecule has 1 aliphatic carbocycles. The van der Waals surface area contributed by atoms with Gasteiger partial charge in [0.25, 0.3) is 5.56 Å². The van der Waals surface area contributed by atoms with Gasteiger partial charge in [0.15, 0.2) is 0 Å². The Kier molecular flexibility index (Phi) is 6.23. The normalized spacial score (nSPS) is 25.3. The molecule has 2 fully saturated rings. The minimum atomic E-state index is -0.796. The Bertz CT molecular complexity index is 1210. The van der Waals surface area contributed by atoms with Gasteiger partial charge in [-0.1, -0.05) is 12.1 Å². The first-order chi connectivity index (χ1) is 16.8. The van der Waals surface area contributed by atoms with Gasteiger partial charge in [-0.25, -0.2) is 4.39 Å². The first-order valence-corrected chi connectivity index (χ1v) is 12.2. The van der Waals surface area contributed by atoms with Crippen molar-refractivity contribution in [1.29, 1.82) is 0 Å². The summed E-state index contributed by atoms with van der Waals surface area (Å²) in [6.07, 6.45) is 2.90. The maximum Gasteiger partial charge on any atom is 0.258 e. The second-order valence-electron chi connectivity index (χ2n) is 10.2. The maximum atomic E-state index is 13.8. The summed E-state index contributed by atoms with van der Waals surface area (Å²) in [4.78, 5) is 43.6. The Balaban J connectivity index is 1.56. The Hall–Kier alpha value is -3.04. The van der Waals surface area contributed by atoms with E-state index in [0.29, 0.717) is 16.8 Å². The molecule has 5 rings (SSSR count). The van der Waals surface area contributed by atoms with Gasteiger partial charge in [-0.2, -0.15) is 0 Å². The van der Waals surface area contributed by atoms with Crippen molar-refractivity contribution >= 4 is 11.8 Å². The van der Waals surface area contributed by atoms with Crippen LogP contribution in [0.15, 0.2) is 41.2 Å². The van der Waals surface area contributed by atoms with Crippen LogP contribution in [0.5, 0.6) is 0 Å². The number of benzene rings is 1. The molecule has 0 radical (unpaired) electrons. The van der Waals surface area contributed by atoms with Gasteiger partial charge in [-0.05, 0) is 63.2 Å². The number of nitrogens with one attached hydrogen (secondary N) is 1. The molecule has 35 heavy (non-hydrogen) atoms. The van der Waals surface area contributed by atoms with Gasteiger partial charge in [0.2, 0.25) is 11.8 Å². The van der Waals surface area contributed by atoms with Crippen LogP contribution in [0.25, 0.3) is 11.1 Å². The first kappa shape index (κ1) is 23.7. The van der Waals surface area contributed by atoms with E-state index in [1.54, 1.807) is 52.7 Å². The smallest absolute Gasteiger partial charge is 0.258 e. The lowest BCUT2D eigenvalue weighted by molar-refractivity contribution is -0.142. The fourth-order valence-corrected chi connectivity index (χ4v) is 5.83. The van der Waals surface area contributed by atoms with E-state index in [4.69, 9.17) is 0 Å². The number of halogens is 1. The molecule has 0 spiro atoms. The molecule has 186 valence electrons. The number of hydrogen-bond acceptors (Lipinski definition) is 5. The molecule has 9 heteroatoms. The van der Waals surface area contributed by atoms with Crippen molar-refractivity contribution < 1.29 is 19.1 Å². The van der Waals surface area contributed by atoms with Crippen LogP contribution in [-0.4, -0.2) is 70.6 Å². The summed E-state index contributed by atoms with van der Waals surface area (Å²) in [5.41, 5.74) is 1.23. The standard InChI is InChI=1S/C26H31FN4O4/c1-29(2)13-22(33)31-23-19(20(14-32)24(31)25(34)28-17-7-4-8-17)12-30-21(23)10-9-18(26(30)35)15-5-3-6-16(27)11-15/h3,5-6,9-11,17,19-20,23-24,32H,4,7-8,12-14H2,1-2H3,(H,28,34)/t19-,20-,23+,24-/m0/s1. The third kappa shape index (κ3) is 4.06. The Morgan fingerprint density at radius 2 is 1.97 bits per heavy atom. The molecule has 3 aliphatic rings. The second kappa shape index (κ2) is 9.20. The molecule has 0 unspecified atom stereocenters. The fourth-order valence-electron chi connectivity index (χ4n) is 5.83. The number of amides is 2. The highest BCUT2D eigenvalue weighted by Crippen LogP contribution is 2.49. The van der Waals surface area contributed by atoms with Crippen LogP contribution in [-0.2, 0) is 16.1 Å². The third-order valence-electron chi connectivity index (χ3n) is 7.67. The molecule has 3 heterocycles.